The van der Waals surface area contributed by atoms with E-state index >= 15 is 0 Å². The van der Waals surface area contributed by atoms with Crippen molar-refractivity contribution >= 4 is 17.5 Å². The van der Waals surface area contributed by atoms with Gasteiger partial charge in [-0.1, -0.05) is 60.1 Å². The molecule has 166 valence electrons. The monoisotopic (exact) mass is 448 g/mol. The second-order valence-corrected chi connectivity index (χ2v) is 8.77. The third-order valence-electron chi connectivity index (χ3n) is 6.00. The number of benzene rings is 3. The molecule has 3 aromatic rings. The number of amides is 1. The summed E-state index contributed by atoms with van der Waals surface area (Å²) < 4.78 is 6.03. The van der Waals surface area contributed by atoms with Gasteiger partial charge in [-0.15, -0.1) is 0 Å². The van der Waals surface area contributed by atoms with Crippen LogP contribution in [0.4, 0.5) is 0 Å². The molecule has 1 saturated heterocycles. The molecule has 0 radical (unpaired) electrons. The Bertz CT molecular complexity index is 1050. The van der Waals surface area contributed by atoms with Gasteiger partial charge in [-0.05, 0) is 54.3 Å². The van der Waals surface area contributed by atoms with Gasteiger partial charge in [0, 0.05) is 43.3 Å². The number of hydrogen-bond donors (Lipinski definition) is 0. The summed E-state index contributed by atoms with van der Waals surface area (Å²) in [7, 11) is 0. The van der Waals surface area contributed by atoms with Crippen LogP contribution in [0.3, 0.4) is 0 Å². The van der Waals surface area contributed by atoms with Gasteiger partial charge in [0.05, 0.1) is 0 Å². The molecule has 1 amide bonds. The van der Waals surface area contributed by atoms with Gasteiger partial charge in [0.1, 0.15) is 12.4 Å². The molecule has 1 aliphatic rings. The molecule has 0 N–H and O–H groups in total. The fourth-order valence-electron chi connectivity index (χ4n) is 4.09. The van der Waals surface area contributed by atoms with Crippen LogP contribution in [0.5, 0.6) is 5.75 Å². The third kappa shape index (κ3) is 5.32. The van der Waals surface area contributed by atoms with E-state index < -0.39 is 0 Å². The third-order valence-corrected chi connectivity index (χ3v) is 6.37. The number of piperazine rings is 1. The summed E-state index contributed by atoms with van der Waals surface area (Å²) in [6.45, 7) is 8.55. The standard InChI is InChI=1S/C27H29ClN2O2/c1-20-6-5-7-21(2)26(20)32-19-22-10-12-23(13-11-22)27(31)30-16-14-29(15-17-30)18-24-8-3-4-9-25(24)28/h3-13H,14-19H2,1-2H3. The zero-order valence-corrected chi connectivity index (χ0v) is 19.4. The van der Waals surface area contributed by atoms with Crippen molar-refractivity contribution in [1.82, 2.24) is 9.80 Å². The van der Waals surface area contributed by atoms with Crippen molar-refractivity contribution < 1.29 is 9.53 Å². The molecule has 4 nitrogen and oxygen atoms in total. The lowest BCUT2D eigenvalue weighted by Crippen LogP contribution is -2.48. The van der Waals surface area contributed by atoms with Crippen LogP contribution in [0, 0.1) is 13.8 Å². The Morgan fingerprint density at radius 3 is 2.19 bits per heavy atom. The normalized spacial score (nSPS) is 14.4. The Morgan fingerprint density at radius 2 is 1.53 bits per heavy atom. The predicted octanol–water partition coefficient (Wildman–Crippen LogP) is 5.49. The largest absolute Gasteiger partial charge is 0.488 e. The van der Waals surface area contributed by atoms with Gasteiger partial charge in [0.2, 0.25) is 0 Å². The molecular formula is C27H29ClN2O2. The number of para-hydroxylation sites is 1. The summed E-state index contributed by atoms with van der Waals surface area (Å²) in [4.78, 5) is 17.2. The van der Waals surface area contributed by atoms with E-state index in [0.717, 1.165) is 71.3 Å². The molecule has 0 saturated carbocycles. The molecule has 5 heteroatoms. The Hall–Kier alpha value is -2.82. The minimum atomic E-state index is 0.0876. The molecule has 1 fully saturated rings. The molecule has 0 bridgehead atoms. The van der Waals surface area contributed by atoms with Gasteiger partial charge in [-0.2, -0.15) is 0 Å². The molecule has 32 heavy (non-hydrogen) atoms. The van der Waals surface area contributed by atoms with Crippen LogP contribution in [0.2, 0.25) is 5.02 Å². The highest BCUT2D eigenvalue weighted by molar-refractivity contribution is 6.31. The molecule has 1 heterocycles. The lowest BCUT2D eigenvalue weighted by Gasteiger charge is -2.35. The first kappa shape index (κ1) is 22.4. The molecule has 0 aliphatic carbocycles. The highest BCUT2D eigenvalue weighted by Crippen LogP contribution is 2.24. The van der Waals surface area contributed by atoms with Crippen LogP contribution in [0.25, 0.3) is 0 Å². The SMILES string of the molecule is Cc1cccc(C)c1OCc1ccc(C(=O)N2CCN(Cc3ccccc3Cl)CC2)cc1. The maximum absolute atomic E-state index is 13.0. The molecule has 0 unspecified atom stereocenters. The number of rotatable bonds is 6. The van der Waals surface area contributed by atoms with E-state index in [1.165, 1.54) is 0 Å². The molecule has 3 aromatic carbocycles. The number of nitrogens with zero attached hydrogens (tertiary/aromatic N) is 2. The first-order valence-electron chi connectivity index (χ1n) is 11.0. The van der Waals surface area contributed by atoms with E-state index in [9.17, 15) is 4.79 Å². The van der Waals surface area contributed by atoms with Crippen LogP contribution in [0.15, 0.2) is 66.7 Å². The minimum Gasteiger partial charge on any atom is -0.488 e. The summed E-state index contributed by atoms with van der Waals surface area (Å²) in [5.41, 5.74) is 5.16. The highest BCUT2D eigenvalue weighted by atomic mass is 35.5. The quantitative estimate of drug-likeness (QED) is 0.499. The average Bonchev–Trinajstić information content (AvgIpc) is 2.81. The van der Waals surface area contributed by atoms with E-state index in [1.807, 2.05) is 53.4 Å². The summed E-state index contributed by atoms with van der Waals surface area (Å²) in [6, 6.07) is 21.9. The first-order chi connectivity index (χ1) is 15.5. The van der Waals surface area contributed by atoms with Crippen molar-refractivity contribution in [3.05, 3.63) is 99.6 Å². The van der Waals surface area contributed by atoms with Gasteiger partial charge in [-0.3, -0.25) is 9.69 Å². The molecule has 4 rings (SSSR count). The van der Waals surface area contributed by atoms with Crippen LogP contribution in [0.1, 0.15) is 32.6 Å². The zero-order valence-electron chi connectivity index (χ0n) is 18.7. The summed E-state index contributed by atoms with van der Waals surface area (Å²) in [6.07, 6.45) is 0. The fourth-order valence-corrected chi connectivity index (χ4v) is 4.28. The second kappa shape index (κ2) is 10.2. The summed E-state index contributed by atoms with van der Waals surface area (Å²) in [5, 5.41) is 0.799. The van der Waals surface area contributed by atoms with E-state index in [-0.39, 0.29) is 5.91 Å². The van der Waals surface area contributed by atoms with Gasteiger partial charge in [0.25, 0.3) is 5.91 Å². The maximum Gasteiger partial charge on any atom is 0.253 e. The maximum atomic E-state index is 13.0. The van der Waals surface area contributed by atoms with Gasteiger partial charge < -0.3 is 9.64 Å². The topological polar surface area (TPSA) is 32.8 Å². The Morgan fingerprint density at radius 1 is 0.875 bits per heavy atom. The smallest absolute Gasteiger partial charge is 0.253 e. The van der Waals surface area contributed by atoms with E-state index in [0.29, 0.717) is 6.61 Å². The van der Waals surface area contributed by atoms with E-state index in [1.54, 1.807) is 0 Å². The van der Waals surface area contributed by atoms with Crippen molar-refractivity contribution in [1.29, 1.82) is 0 Å². The van der Waals surface area contributed by atoms with Crippen molar-refractivity contribution in [2.45, 2.75) is 27.0 Å². The Kier molecular flexibility index (Phi) is 7.13. The average molecular weight is 449 g/mol. The molecular weight excluding hydrogens is 420 g/mol. The van der Waals surface area contributed by atoms with Crippen molar-refractivity contribution in [2.24, 2.45) is 0 Å². The van der Waals surface area contributed by atoms with Crippen LogP contribution < -0.4 is 4.74 Å². The minimum absolute atomic E-state index is 0.0876. The van der Waals surface area contributed by atoms with Crippen molar-refractivity contribution in [3.8, 4) is 5.75 Å². The number of hydrogen-bond acceptors (Lipinski definition) is 3. The van der Waals surface area contributed by atoms with Crippen LogP contribution in [-0.4, -0.2) is 41.9 Å². The number of carbonyl (C=O) groups is 1. The second-order valence-electron chi connectivity index (χ2n) is 8.37. The Balaban J connectivity index is 1.30. The van der Waals surface area contributed by atoms with Gasteiger partial charge in [-0.25, -0.2) is 0 Å². The van der Waals surface area contributed by atoms with Gasteiger partial charge in [0.15, 0.2) is 0 Å². The lowest BCUT2D eigenvalue weighted by atomic mass is 10.1. The fraction of sp³-hybridized carbons (Fsp3) is 0.296. The number of halogens is 1. The first-order valence-corrected chi connectivity index (χ1v) is 11.4. The lowest BCUT2D eigenvalue weighted by molar-refractivity contribution is 0.0628. The summed E-state index contributed by atoms with van der Waals surface area (Å²) in [5.74, 6) is 1.02. The van der Waals surface area contributed by atoms with Crippen LogP contribution >= 0.6 is 11.6 Å². The van der Waals surface area contributed by atoms with Crippen LogP contribution in [-0.2, 0) is 13.2 Å². The number of ether oxygens (including phenoxy) is 1. The Labute approximate surface area is 195 Å². The molecule has 0 spiro atoms. The number of carbonyl (C=O) groups excluding carboxylic acids is 1. The van der Waals surface area contributed by atoms with Gasteiger partial charge >= 0.3 is 0 Å². The molecule has 0 atom stereocenters. The highest BCUT2D eigenvalue weighted by Gasteiger charge is 2.22. The van der Waals surface area contributed by atoms with E-state index in [2.05, 4.69) is 36.9 Å². The molecule has 0 aromatic heterocycles. The van der Waals surface area contributed by atoms with E-state index in [4.69, 9.17) is 16.3 Å². The molecule has 1 aliphatic heterocycles. The number of aryl methyl sites for hydroxylation is 2. The summed E-state index contributed by atoms with van der Waals surface area (Å²) >= 11 is 6.29. The van der Waals surface area contributed by atoms with Crippen molar-refractivity contribution in [2.75, 3.05) is 26.2 Å². The zero-order chi connectivity index (χ0) is 22.5. The van der Waals surface area contributed by atoms with Crippen molar-refractivity contribution in [3.63, 3.8) is 0 Å². The predicted molar refractivity (Wildman–Crippen MR) is 129 cm³/mol.